The molecule has 0 radical (unpaired) electrons. The minimum atomic E-state index is 0.796. The number of aliphatic imine (C=N–C) groups is 1. The van der Waals surface area contributed by atoms with Gasteiger partial charge in [-0.1, -0.05) is 36.4 Å². The van der Waals surface area contributed by atoms with E-state index >= 15 is 0 Å². The summed E-state index contributed by atoms with van der Waals surface area (Å²) in [5, 5.41) is 0. The maximum Gasteiger partial charge on any atom is 0.159 e. The van der Waals surface area contributed by atoms with Crippen LogP contribution in [0.2, 0.25) is 0 Å². The fraction of sp³-hybridized carbons (Fsp3) is 0. The van der Waals surface area contributed by atoms with Crippen LogP contribution in [0.3, 0.4) is 0 Å². The van der Waals surface area contributed by atoms with Crippen molar-refractivity contribution in [1.82, 2.24) is 4.98 Å². The average Bonchev–Trinajstić information content (AvgIpc) is 2.84. The molecule has 98 valence electrons. The van der Waals surface area contributed by atoms with E-state index in [9.17, 15) is 0 Å². The number of nitrogens with one attached hydrogen (secondary N) is 1. The number of aromatic nitrogens is 1. The third-order valence-corrected chi connectivity index (χ3v) is 4.00. The van der Waals surface area contributed by atoms with Gasteiger partial charge in [-0.2, -0.15) is 0 Å². The molecule has 20 heavy (non-hydrogen) atoms. The maximum atomic E-state index is 5.13. The first-order valence-corrected chi connectivity index (χ1v) is 7.42. The Labute approximate surface area is 126 Å². The maximum absolute atomic E-state index is 5.13. The van der Waals surface area contributed by atoms with Crippen LogP contribution >= 0.6 is 23.6 Å². The highest BCUT2D eigenvalue weighted by Gasteiger charge is 1.97. The molecule has 0 saturated carbocycles. The van der Waals surface area contributed by atoms with Crippen LogP contribution in [0.4, 0.5) is 5.69 Å². The molecule has 3 aromatic rings. The van der Waals surface area contributed by atoms with Gasteiger partial charge in [0.15, 0.2) is 3.95 Å². The Balaban J connectivity index is 1.77. The third-order valence-electron chi connectivity index (χ3n) is 2.80. The molecule has 3 rings (SSSR count). The van der Waals surface area contributed by atoms with Gasteiger partial charge in [0.1, 0.15) is 0 Å². The zero-order chi connectivity index (χ0) is 13.8. The summed E-state index contributed by atoms with van der Waals surface area (Å²) in [5.74, 6) is 0. The van der Waals surface area contributed by atoms with Gasteiger partial charge in [0.25, 0.3) is 0 Å². The predicted octanol–water partition coefficient (Wildman–Crippen LogP) is 5.37. The summed E-state index contributed by atoms with van der Waals surface area (Å²) in [5.41, 5.74) is 3.16. The molecule has 4 heteroatoms. The molecule has 2 aromatic carbocycles. The molecule has 0 aliphatic rings. The number of hydrogen-bond acceptors (Lipinski definition) is 3. The van der Waals surface area contributed by atoms with E-state index in [0.717, 1.165) is 25.4 Å². The fourth-order valence-corrected chi connectivity index (χ4v) is 3.01. The van der Waals surface area contributed by atoms with Gasteiger partial charge in [0.05, 0.1) is 15.9 Å². The summed E-state index contributed by atoms with van der Waals surface area (Å²) in [6, 6.07) is 16.2. The zero-order valence-corrected chi connectivity index (χ0v) is 12.2. The van der Waals surface area contributed by atoms with Crippen molar-refractivity contribution in [2.24, 2.45) is 4.99 Å². The third kappa shape index (κ3) is 3.10. The smallest absolute Gasteiger partial charge is 0.159 e. The van der Waals surface area contributed by atoms with Gasteiger partial charge in [-0.3, -0.25) is 4.99 Å². The van der Waals surface area contributed by atoms with E-state index in [1.165, 1.54) is 0 Å². The molecule has 0 aliphatic carbocycles. The summed E-state index contributed by atoms with van der Waals surface area (Å²) in [6.45, 7) is 0. The van der Waals surface area contributed by atoms with Crippen LogP contribution in [0.1, 0.15) is 5.56 Å². The van der Waals surface area contributed by atoms with Crippen molar-refractivity contribution in [1.29, 1.82) is 0 Å². The lowest BCUT2D eigenvalue weighted by Crippen LogP contribution is -1.71. The van der Waals surface area contributed by atoms with E-state index in [1.54, 1.807) is 17.6 Å². The lowest BCUT2D eigenvalue weighted by molar-refractivity contribution is 1.46. The van der Waals surface area contributed by atoms with E-state index in [-0.39, 0.29) is 0 Å². The predicted molar refractivity (Wildman–Crippen MR) is 90.6 cm³/mol. The van der Waals surface area contributed by atoms with E-state index in [2.05, 4.69) is 22.1 Å². The zero-order valence-electron chi connectivity index (χ0n) is 10.6. The van der Waals surface area contributed by atoms with Crippen molar-refractivity contribution in [3.05, 3.63) is 64.1 Å². The molecule has 0 spiro atoms. The number of fused-ring (bicyclic) bond motifs is 1. The lowest BCUT2D eigenvalue weighted by Gasteiger charge is -1.92. The molecule has 1 N–H and O–H groups in total. The first-order valence-electron chi connectivity index (χ1n) is 6.20. The Kier molecular flexibility index (Phi) is 3.85. The Morgan fingerprint density at radius 3 is 2.80 bits per heavy atom. The molecule has 0 amide bonds. The second kappa shape index (κ2) is 5.94. The molecule has 0 fully saturated rings. The van der Waals surface area contributed by atoms with Crippen molar-refractivity contribution >= 4 is 51.7 Å². The normalized spacial score (nSPS) is 11.8. The van der Waals surface area contributed by atoms with Crippen LogP contribution in [0.25, 0.3) is 16.3 Å². The molecule has 0 saturated heterocycles. The van der Waals surface area contributed by atoms with Crippen LogP contribution in [-0.4, -0.2) is 11.2 Å². The fourth-order valence-electron chi connectivity index (χ4n) is 1.86. The van der Waals surface area contributed by atoms with Crippen LogP contribution < -0.4 is 0 Å². The van der Waals surface area contributed by atoms with Crippen molar-refractivity contribution in [2.45, 2.75) is 0 Å². The summed E-state index contributed by atoms with van der Waals surface area (Å²) in [7, 11) is 0. The average molecular weight is 296 g/mol. The summed E-state index contributed by atoms with van der Waals surface area (Å²) < 4.78 is 1.93. The van der Waals surface area contributed by atoms with E-state index in [1.807, 2.05) is 48.6 Å². The van der Waals surface area contributed by atoms with E-state index in [0.29, 0.717) is 0 Å². The number of rotatable bonds is 3. The Morgan fingerprint density at radius 2 is 1.95 bits per heavy atom. The van der Waals surface area contributed by atoms with Gasteiger partial charge in [0.2, 0.25) is 0 Å². The Morgan fingerprint density at radius 1 is 1.10 bits per heavy atom. The Bertz CT molecular complexity index is 826. The van der Waals surface area contributed by atoms with Crippen molar-refractivity contribution in [3.8, 4) is 0 Å². The highest BCUT2D eigenvalue weighted by Crippen LogP contribution is 2.24. The Hall–Kier alpha value is -2.04. The van der Waals surface area contributed by atoms with Crippen molar-refractivity contribution in [2.75, 3.05) is 0 Å². The van der Waals surface area contributed by atoms with Crippen molar-refractivity contribution < 1.29 is 0 Å². The van der Waals surface area contributed by atoms with Gasteiger partial charge >= 0.3 is 0 Å². The van der Waals surface area contributed by atoms with Crippen LogP contribution in [-0.2, 0) is 0 Å². The topological polar surface area (TPSA) is 28.1 Å². The second-order valence-electron chi connectivity index (χ2n) is 4.24. The monoisotopic (exact) mass is 296 g/mol. The van der Waals surface area contributed by atoms with Crippen LogP contribution in [0, 0.1) is 3.95 Å². The molecule has 0 aliphatic heterocycles. The first-order chi connectivity index (χ1) is 9.81. The number of aromatic amines is 1. The SMILES string of the molecule is S=c1[nH]c2ccc(N=C/C=C/c3ccccc3)cc2s1. The molecular weight excluding hydrogens is 284 g/mol. The minimum absolute atomic E-state index is 0.796. The van der Waals surface area contributed by atoms with Crippen LogP contribution in [0.15, 0.2) is 59.6 Å². The summed E-state index contributed by atoms with van der Waals surface area (Å²) in [6.07, 6.45) is 5.78. The number of H-pyrrole nitrogens is 1. The molecule has 0 unspecified atom stereocenters. The summed E-state index contributed by atoms with van der Waals surface area (Å²) >= 11 is 6.70. The molecule has 1 heterocycles. The van der Waals surface area contributed by atoms with E-state index in [4.69, 9.17) is 12.2 Å². The standard InChI is InChI=1S/C16H12N2S2/c19-16-18-14-9-8-13(11-15(14)20-16)17-10-4-7-12-5-2-1-3-6-12/h1-11H,(H,18,19)/b7-4+,17-10?. The van der Waals surface area contributed by atoms with Crippen LogP contribution in [0.5, 0.6) is 0 Å². The molecule has 0 atom stereocenters. The molecule has 2 nitrogen and oxygen atoms in total. The highest BCUT2D eigenvalue weighted by molar-refractivity contribution is 7.73. The van der Waals surface area contributed by atoms with Gasteiger partial charge in [-0.25, -0.2) is 0 Å². The largest absolute Gasteiger partial charge is 0.337 e. The number of thiazole rings is 1. The minimum Gasteiger partial charge on any atom is -0.337 e. The summed E-state index contributed by atoms with van der Waals surface area (Å²) in [4.78, 5) is 7.57. The van der Waals surface area contributed by atoms with Gasteiger partial charge in [0, 0.05) is 6.21 Å². The van der Waals surface area contributed by atoms with E-state index < -0.39 is 0 Å². The highest BCUT2D eigenvalue weighted by atomic mass is 32.1. The first kappa shape index (κ1) is 13.0. The molecular formula is C16H12N2S2. The lowest BCUT2D eigenvalue weighted by atomic mass is 10.2. The van der Waals surface area contributed by atoms with Crippen molar-refractivity contribution in [3.63, 3.8) is 0 Å². The van der Waals surface area contributed by atoms with Gasteiger partial charge < -0.3 is 4.98 Å². The number of benzene rings is 2. The second-order valence-corrected chi connectivity index (χ2v) is 5.96. The van der Waals surface area contributed by atoms with Gasteiger partial charge in [-0.15, -0.1) is 11.3 Å². The number of nitrogens with zero attached hydrogens (tertiary/aromatic N) is 1. The quantitative estimate of drug-likeness (QED) is 0.510. The molecule has 1 aromatic heterocycles. The number of hydrogen-bond donors (Lipinski definition) is 1. The van der Waals surface area contributed by atoms with Gasteiger partial charge in [-0.05, 0) is 42.1 Å². The number of allylic oxidation sites excluding steroid dienone is 1. The molecule has 0 bridgehead atoms.